The third-order valence-corrected chi connectivity index (χ3v) is 5.83. The molecule has 0 saturated carbocycles. The lowest BCUT2D eigenvalue weighted by Gasteiger charge is -2.36. The van der Waals surface area contributed by atoms with Gasteiger partial charge in [0.1, 0.15) is 23.8 Å². The molecule has 2 aromatic rings. The quantitative estimate of drug-likeness (QED) is 0.815. The van der Waals surface area contributed by atoms with Crippen LogP contribution in [-0.2, 0) is 4.79 Å². The van der Waals surface area contributed by atoms with E-state index in [1.807, 2.05) is 0 Å². The van der Waals surface area contributed by atoms with Crippen molar-refractivity contribution >= 4 is 23.2 Å². The minimum Gasteiger partial charge on any atom is -0.356 e. The highest BCUT2D eigenvalue weighted by molar-refractivity contribution is 5.92. The zero-order chi connectivity index (χ0) is 20.9. The van der Waals surface area contributed by atoms with Gasteiger partial charge in [0.15, 0.2) is 0 Å². The maximum absolute atomic E-state index is 13.7. The second kappa shape index (κ2) is 9.38. The van der Waals surface area contributed by atoms with Gasteiger partial charge in [0.05, 0.1) is 12.2 Å². The van der Waals surface area contributed by atoms with Gasteiger partial charge < -0.3 is 15.1 Å². The van der Waals surface area contributed by atoms with Crippen LogP contribution in [0.2, 0.25) is 0 Å². The number of anilines is 3. The predicted octanol–water partition coefficient (Wildman–Crippen LogP) is 2.61. The number of hydrogen-bond acceptors (Lipinski definition) is 6. The molecule has 1 unspecified atom stereocenters. The molecule has 0 aliphatic carbocycles. The molecule has 1 aromatic carbocycles. The van der Waals surface area contributed by atoms with Crippen molar-refractivity contribution in [3.63, 3.8) is 0 Å². The van der Waals surface area contributed by atoms with E-state index < -0.39 is 5.82 Å². The summed E-state index contributed by atoms with van der Waals surface area (Å²) >= 11 is 0. The second-order valence-electron chi connectivity index (χ2n) is 8.22. The van der Waals surface area contributed by atoms with E-state index in [4.69, 9.17) is 0 Å². The smallest absolute Gasteiger partial charge is 0.238 e. The van der Waals surface area contributed by atoms with Crippen LogP contribution in [0.15, 0.2) is 36.7 Å². The number of piperidine rings is 1. The van der Waals surface area contributed by atoms with Gasteiger partial charge in [-0.3, -0.25) is 9.69 Å². The molecule has 1 atom stereocenters. The normalized spacial score (nSPS) is 20.3. The Labute approximate surface area is 176 Å². The fourth-order valence-corrected chi connectivity index (χ4v) is 4.17. The lowest BCUT2D eigenvalue weighted by atomic mass is 10.0. The standard InChI is InChI=1S/C22H29FN6O/c1-17-5-4-8-29(14-17)21-13-20(24-16-25-21)28-11-9-27(10-12-28)15-22(30)26-19-7-3-2-6-18(19)23/h2-3,6-7,13,16-17H,4-5,8-12,14-15H2,1H3,(H,26,30). The molecule has 7 nitrogen and oxygen atoms in total. The maximum Gasteiger partial charge on any atom is 0.238 e. The van der Waals surface area contributed by atoms with Crippen molar-refractivity contribution in [1.82, 2.24) is 14.9 Å². The van der Waals surface area contributed by atoms with E-state index in [9.17, 15) is 9.18 Å². The highest BCUT2D eigenvalue weighted by atomic mass is 19.1. The highest BCUT2D eigenvalue weighted by Crippen LogP contribution is 2.24. The second-order valence-corrected chi connectivity index (χ2v) is 8.22. The van der Waals surface area contributed by atoms with Gasteiger partial charge >= 0.3 is 0 Å². The number of nitrogens with one attached hydrogen (secondary N) is 1. The first-order valence-corrected chi connectivity index (χ1v) is 10.7. The molecule has 2 aliphatic rings. The van der Waals surface area contributed by atoms with Crippen LogP contribution >= 0.6 is 0 Å². The van der Waals surface area contributed by atoms with Crippen molar-refractivity contribution in [2.45, 2.75) is 19.8 Å². The molecule has 4 rings (SSSR count). The van der Waals surface area contributed by atoms with Crippen molar-refractivity contribution < 1.29 is 9.18 Å². The molecule has 160 valence electrons. The van der Waals surface area contributed by atoms with Gasteiger partial charge in [-0.15, -0.1) is 0 Å². The Balaban J connectivity index is 1.30. The Morgan fingerprint density at radius 1 is 1.10 bits per heavy atom. The van der Waals surface area contributed by atoms with E-state index in [1.54, 1.807) is 24.5 Å². The maximum atomic E-state index is 13.7. The number of hydrogen-bond donors (Lipinski definition) is 1. The number of para-hydroxylation sites is 1. The molecule has 0 spiro atoms. The van der Waals surface area contributed by atoms with Crippen LogP contribution in [0, 0.1) is 11.7 Å². The molecule has 1 aromatic heterocycles. The van der Waals surface area contributed by atoms with Crippen molar-refractivity contribution in [3.8, 4) is 0 Å². The fraction of sp³-hybridized carbons (Fsp3) is 0.500. The van der Waals surface area contributed by atoms with Crippen molar-refractivity contribution in [3.05, 3.63) is 42.5 Å². The molecule has 8 heteroatoms. The van der Waals surface area contributed by atoms with Gasteiger partial charge in [-0.05, 0) is 30.9 Å². The first-order chi connectivity index (χ1) is 14.6. The van der Waals surface area contributed by atoms with Crippen LogP contribution in [0.3, 0.4) is 0 Å². The van der Waals surface area contributed by atoms with E-state index in [1.165, 1.54) is 18.9 Å². The fourth-order valence-electron chi connectivity index (χ4n) is 4.17. The topological polar surface area (TPSA) is 64.6 Å². The van der Waals surface area contributed by atoms with Crippen LogP contribution in [0.5, 0.6) is 0 Å². The first-order valence-electron chi connectivity index (χ1n) is 10.7. The third kappa shape index (κ3) is 5.05. The SMILES string of the molecule is CC1CCCN(c2cc(N3CCN(CC(=O)Nc4ccccc4F)CC3)ncn2)C1. The average Bonchev–Trinajstić information content (AvgIpc) is 2.76. The summed E-state index contributed by atoms with van der Waals surface area (Å²) in [5, 5.41) is 2.65. The van der Waals surface area contributed by atoms with Crippen molar-refractivity contribution in [2.75, 3.05) is 60.9 Å². The van der Waals surface area contributed by atoms with Crippen LogP contribution in [-0.4, -0.2) is 66.6 Å². The Bertz CT molecular complexity index is 870. The van der Waals surface area contributed by atoms with E-state index in [-0.39, 0.29) is 18.1 Å². The van der Waals surface area contributed by atoms with Crippen molar-refractivity contribution in [2.24, 2.45) is 5.92 Å². The Kier molecular flexibility index (Phi) is 6.42. The molecule has 0 radical (unpaired) electrons. The van der Waals surface area contributed by atoms with E-state index in [0.29, 0.717) is 5.92 Å². The molecular weight excluding hydrogens is 383 g/mol. The first kappa shape index (κ1) is 20.5. The van der Waals surface area contributed by atoms with Crippen molar-refractivity contribution in [1.29, 1.82) is 0 Å². The summed E-state index contributed by atoms with van der Waals surface area (Å²) in [6.07, 6.45) is 4.13. The number of nitrogens with zero attached hydrogens (tertiary/aromatic N) is 5. The summed E-state index contributed by atoms with van der Waals surface area (Å²) in [6, 6.07) is 8.31. The third-order valence-electron chi connectivity index (χ3n) is 5.83. The summed E-state index contributed by atoms with van der Waals surface area (Å²) in [5.74, 6) is 2.01. The van der Waals surface area contributed by atoms with Crippen LogP contribution in [0.4, 0.5) is 21.7 Å². The monoisotopic (exact) mass is 412 g/mol. The largest absolute Gasteiger partial charge is 0.356 e. The number of halogens is 1. The molecule has 0 bridgehead atoms. The average molecular weight is 413 g/mol. The summed E-state index contributed by atoms with van der Waals surface area (Å²) in [4.78, 5) is 27.9. The van der Waals surface area contributed by atoms with Gasteiger partial charge in [-0.2, -0.15) is 0 Å². The number of carbonyl (C=O) groups excluding carboxylic acids is 1. The summed E-state index contributed by atoms with van der Waals surface area (Å²) in [7, 11) is 0. The Morgan fingerprint density at radius 3 is 2.57 bits per heavy atom. The van der Waals surface area contributed by atoms with E-state index in [0.717, 1.165) is 50.9 Å². The molecular formula is C22H29FN6O. The zero-order valence-electron chi connectivity index (χ0n) is 17.4. The van der Waals surface area contributed by atoms with Gasteiger partial charge in [0.25, 0.3) is 0 Å². The summed E-state index contributed by atoms with van der Waals surface area (Å²) < 4.78 is 13.7. The number of carbonyl (C=O) groups is 1. The number of amides is 1. The molecule has 2 saturated heterocycles. The van der Waals surface area contributed by atoms with Gasteiger partial charge in [0.2, 0.25) is 5.91 Å². The molecule has 2 aliphatic heterocycles. The Morgan fingerprint density at radius 2 is 1.83 bits per heavy atom. The number of benzene rings is 1. The van der Waals surface area contributed by atoms with E-state index >= 15 is 0 Å². The summed E-state index contributed by atoms with van der Waals surface area (Å²) in [6.45, 7) is 7.72. The lowest BCUT2D eigenvalue weighted by Crippen LogP contribution is -2.49. The molecule has 3 heterocycles. The highest BCUT2D eigenvalue weighted by Gasteiger charge is 2.22. The summed E-state index contributed by atoms with van der Waals surface area (Å²) in [5.41, 5.74) is 0.224. The van der Waals surface area contributed by atoms with E-state index in [2.05, 4.69) is 43.0 Å². The van der Waals surface area contributed by atoms with Gasteiger partial charge in [-0.1, -0.05) is 19.1 Å². The van der Waals surface area contributed by atoms with Crippen LogP contribution < -0.4 is 15.1 Å². The predicted molar refractivity (Wildman–Crippen MR) is 116 cm³/mol. The van der Waals surface area contributed by atoms with Gasteiger partial charge in [-0.25, -0.2) is 14.4 Å². The molecule has 30 heavy (non-hydrogen) atoms. The molecule has 2 fully saturated rings. The Hall–Kier alpha value is -2.74. The minimum absolute atomic E-state index is 0.197. The number of piperazine rings is 1. The molecule has 1 N–H and O–H groups in total. The van der Waals surface area contributed by atoms with Crippen LogP contribution in [0.25, 0.3) is 0 Å². The number of rotatable bonds is 5. The van der Waals surface area contributed by atoms with Crippen LogP contribution in [0.1, 0.15) is 19.8 Å². The minimum atomic E-state index is -0.418. The molecule has 1 amide bonds. The van der Waals surface area contributed by atoms with Gasteiger partial charge in [0, 0.05) is 45.3 Å². The lowest BCUT2D eigenvalue weighted by molar-refractivity contribution is -0.117. The number of aromatic nitrogens is 2. The zero-order valence-corrected chi connectivity index (χ0v) is 17.4.